The summed E-state index contributed by atoms with van der Waals surface area (Å²) >= 11 is 0. The second-order valence-electron chi connectivity index (χ2n) is 17.7. The van der Waals surface area contributed by atoms with Gasteiger partial charge in [0.05, 0.1) is 33.2 Å². The first kappa shape index (κ1) is 45.3. The average molecular weight is 817 g/mol. The van der Waals surface area contributed by atoms with Gasteiger partial charge in [0.25, 0.3) is 0 Å². The van der Waals surface area contributed by atoms with E-state index in [0.29, 0.717) is 33.5 Å². The van der Waals surface area contributed by atoms with Crippen LogP contribution < -0.4 is 0 Å². The number of aromatic nitrogens is 6. The van der Waals surface area contributed by atoms with Crippen LogP contribution in [0.1, 0.15) is 207 Å². The molecule has 8 nitrogen and oxygen atoms in total. The fourth-order valence-corrected chi connectivity index (χ4v) is 9.55. The summed E-state index contributed by atoms with van der Waals surface area (Å²) < 4.78 is 4.16. The molecule has 2 atom stereocenters. The third kappa shape index (κ3) is 11.2. The minimum absolute atomic E-state index is 0.0505. The zero-order chi connectivity index (χ0) is 42.1. The lowest BCUT2D eigenvalue weighted by Crippen LogP contribution is -2.10. The lowest BCUT2D eigenvalue weighted by Gasteiger charge is -2.21. The Morgan fingerprint density at radius 1 is 0.383 bits per heavy atom. The van der Waals surface area contributed by atoms with E-state index in [0.717, 1.165) is 99.1 Å². The van der Waals surface area contributed by atoms with Crippen molar-refractivity contribution in [1.29, 1.82) is 0 Å². The summed E-state index contributed by atoms with van der Waals surface area (Å²) in [4.78, 5) is 21.1. The molecule has 0 aliphatic heterocycles. The van der Waals surface area contributed by atoms with E-state index in [1.54, 1.807) is 0 Å². The molecule has 0 saturated carbocycles. The van der Waals surface area contributed by atoms with E-state index in [2.05, 4.69) is 36.8 Å². The van der Waals surface area contributed by atoms with Crippen molar-refractivity contribution in [1.82, 2.24) is 29.1 Å². The van der Waals surface area contributed by atoms with Gasteiger partial charge in [-0.15, -0.1) is 0 Å². The van der Waals surface area contributed by atoms with Crippen molar-refractivity contribution < 1.29 is 10.2 Å². The first-order chi connectivity index (χ1) is 29.5. The highest BCUT2D eigenvalue weighted by Gasteiger charge is 2.33. The standard InChI is InChI=1S/C52H76N6O2/c1-5-9-13-15-17-19-21-25-33-39(31-23-11-7-3)57-49-47(53-41-35-27-29-37-43(41)55-49)45(51(57)59)46-48-50(56-44-38-30-28-36-42(44)54-48)58(52(46)60)40(32-24-12-8-4)34-26-22-20-18-16-14-10-6-2/h27-30,35-40,59-60H,5-26,31-34H2,1-4H3. The van der Waals surface area contributed by atoms with Crippen LogP contribution in [-0.4, -0.2) is 39.3 Å². The minimum Gasteiger partial charge on any atom is -0.494 e. The van der Waals surface area contributed by atoms with E-state index in [1.807, 2.05) is 48.5 Å². The molecule has 60 heavy (non-hydrogen) atoms. The van der Waals surface area contributed by atoms with Gasteiger partial charge in [0.1, 0.15) is 11.0 Å². The molecule has 0 radical (unpaired) electrons. The predicted octanol–water partition coefficient (Wildman–Crippen LogP) is 15.9. The summed E-state index contributed by atoms with van der Waals surface area (Å²) in [5, 5.41) is 25.7. The Hall–Kier alpha value is -4.20. The van der Waals surface area contributed by atoms with E-state index < -0.39 is 0 Å². The van der Waals surface area contributed by atoms with Gasteiger partial charge in [-0.25, -0.2) is 19.9 Å². The summed E-state index contributed by atoms with van der Waals surface area (Å²) in [6.07, 6.45) is 30.7. The Morgan fingerprint density at radius 3 is 0.983 bits per heavy atom. The molecule has 2 aromatic carbocycles. The number of nitrogens with zero attached hydrogens (tertiary/aromatic N) is 6. The number of rotatable bonds is 29. The Morgan fingerprint density at radius 2 is 0.650 bits per heavy atom. The molecule has 4 heterocycles. The monoisotopic (exact) mass is 817 g/mol. The average Bonchev–Trinajstić information content (AvgIpc) is 3.69. The van der Waals surface area contributed by atoms with Crippen LogP contribution in [0.5, 0.6) is 11.8 Å². The van der Waals surface area contributed by atoms with Crippen LogP contribution >= 0.6 is 0 Å². The maximum Gasteiger partial charge on any atom is 0.203 e. The van der Waals surface area contributed by atoms with Gasteiger partial charge in [-0.2, -0.15) is 0 Å². The number of hydrogen-bond donors (Lipinski definition) is 2. The van der Waals surface area contributed by atoms with Crippen LogP contribution in [0.15, 0.2) is 48.5 Å². The van der Waals surface area contributed by atoms with Crippen LogP contribution in [0.3, 0.4) is 0 Å². The van der Waals surface area contributed by atoms with Crippen LogP contribution in [-0.2, 0) is 0 Å². The van der Waals surface area contributed by atoms with Crippen molar-refractivity contribution in [2.24, 2.45) is 0 Å². The molecule has 8 heteroatoms. The number of unbranched alkanes of at least 4 members (excludes halogenated alkanes) is 18. The van der Waals surface area contributed by atoms with Gasteiger partial charge in [0, 0.05) is 12.1 Å². The maximum atomic E-state index is 12.8. The first-order valence-corrected chi connectivity index (χ1v) is 24.5. The Kier molecular flexibility index (Phi) is 17.9. The molecular weight excluding hydrogens is 741 g/mol. The zero-order valence-electron chi connectivity index (χ0n) is 37.7. The molecule has 0 saturated heterocycles. The molecule has 2 unspecified atom stereocenters. The first-order valence-electron chi connectivity index (χ1n) is 24.5. The Bertz CT molecular complexity index is 2050. The smallest absolute Gasteiger partial charge is 0.203 e. The molecule has 6 aromatic rings. The fourth-order valence-electron chi connectivity index (χ4n) is 9.55. The lowest BCUT2D eigenvalue weighted by atomic mass is 10.00. The van der Waals surface area contributed by atoms with Crippen molar-refractivity contribution >= 4 is 44.4 Å². The number of para-hydroxylation sites is 4. The Labute approximate surface area is 360 Å². The molecule has 0 spiro atoms. The molecule has 326 valence electrons. The Balaban J connectivity index is 1.47. The molecule has 0 fully saturated rings. The summed E-state index contributed by atoms with van der Waals surface area (Å²) in [6.45, 7) is 9.05. The van der Waals surface area contributed by atoms with E-state index in [1.165, 1.54) is 89.9 Å². The third-order valence-corrected chi connectivity index (χ3v) is 13.0. The van der Waals surface area contributed by atoms with Gasteiger partial charge in [-0.05, 0) is 49.9 Å². The number of hydrogen-bond acceptors (Lipinski definition) is 6. The predicted molar refractivity (Wildman–Crippen MR) is 253 cm³/mol. The van der Waals surface area contributed by atoms with Gasteiger partial charge in [0.2, 0.25) is 11.8 Å². The number of benzene rings is 2. The van der Waals surface area contributed by atoms with E-state index in [4.69, 9.17) is 19.9 Å². The van der Waals surface area contributed by atoms with Crippen molar-refractivity contribution in [3.63, 3.8) is 0 Å². The summed E-state index contributed by atoms with van der Waals surface area (Å²) in [7, 11) is 0. The highest BCUT2D eigenvalue weighted by atomic mass is 16.3. The van der Waals surface area contributed by atoms with Crippen molar-refractivity contribution in [2.45, 2.75) is 207 Å². The van der Waals surface area contributed by atoms with E-state index >= 15 is 0 Å². The molecule has 0 amide bonds. The van der Waals surface area contributed by atoms with Gasteiger partial charge < -0.3 is 10.2 Å². The van der Waals surface area contributed by atoms with Crippen molar-refractivity contribution in [3.05, 3.63) is 48.5 Å². The molecular formula is C52H76N6O2. The summed E-state index contributed by atoms with van der Waals surface area (Å²) in [5.41, 5.74) is 6.73. The van der Waals surface area contributed by atoms with Crippen molar-refractivity contribution in [2.75, 3.05) is 0 Å². The third-order valence-electron chi connectivity index (χ3n) is 13.0. The second-order valence-corrected chi connectivity index (χ2v) is 17.7. The molecule has 6 rings (SSSR count). The normalized spacial score (nSPS) is 13.1. The maximum absolute atomic E-state index is 12.8. The number of aromatic hydroxyl groups is 2. The molecule has 0 aliphatic rings. The van der Waals surface area contributed by atoms with Gasteiger partial charge >= 0.3 is 0 Å². The van der Waals surface area contributed by atoms with Crippen LogP contribution in [0.25, 0.3) is 55.5 Å². The highest BCUT2D eigenvalue weighted by Crippen LogP contribution is 2.50. The van der Waals surface area contributed by atoms with Crippen LogP contribution in [0.4, 0.5) is 0 Å². The SMILES string of the molecule is CCCCCCCCCCC(CCCCC)n1c(O)c(-c2c(O)n(C(CCCCC)CCCCCCCCCC)c3nc4ccccc4nc23)c2nc3ccccc3nc21. The summed E-state index contributed by atoms with van der Waals surface area (Å²) in [5.74, 6) is 0.243. The van der Waals surface area contributed by atoms with Gasteiger partial charge in [-0.1, -0.05) is 193 Å². The lowest BCUT2D eigenvalue weighted by molar-refractivity contribution is 0.343. The second kappa shape index (κ2) is 23.7. The molecule has 0 aliphatic carbocycles. The zero-order valence-corrected chi connectivity index (χ0v) is 37.7. The highest BCUT2D eigenvalue weighted by molar-refractivity contribution is 6.08. The van der Waals surface area contributed by atoms with Crippen LogP contribution in [0.2, 0.25) is 0 Å². The van der Waals surface area contributed by atoms with Crippen molar-refractivity contribution in [3.8, 4) is 22.9 Å². The molecule has 4 aromatic heterocycles. The van der Waals surface area contributed by atoms with E-state index in [-0.39, 0.29) is 23.8 Å². The molecule has 2 N–H and O–H groups in total. The van der Waals surface area contributed by atoms with Gasteiger partial charge in [-0.3, -0.25) is 9.13 Å². The van der Waals surface area contributed by atoms with Gasteiger partial charge in [0.15, 0.2) is 11.3 Å². The van der Waals surface area contributed by atoms with E-state index in [9.17, 15) is 10.2 Å². The fraction of sp³-hybridized carbons (Fsp3) is 0.615. The minimum atomic E-state index is 0.0505. The molecule has 0 bridgehead atoms. The summed E-state index contributed by atoms with van der Waals surface area (Å²) in [6, 6.07) is 16.1. The largest absolute Gasteiger partial charge is 0.494 e. The number of fused-ring (bicyclic) bond motifs is 4. The topological polar surface area (TPSA) is 102 Å². The van der Waals surface area contributed by atoms with Crippen LogP contribution in [0, 0.1) is 0 Å². The quantitative estimate of drug-likeness (QED) is 0.0457.